The Hall–Kier alpha value is -3.28. The molecular formula is C21H21N3O3. The highest BCUT2D eigenvalue weighted by molar-refractivity contribution is 6.03. The number of aromatic nitrogens is 2. The number of para-hydroxylation sites is 2. The van der Waals surface area contributed by atoms with Crippen molar-refractivity contribution in [2.45, 2.75) is 19.3 Å². The Morgan fingerprint density at radius 2 is 1.78 bits per heavy atom. The highest BCUT2D eigenvalue weighted by atomic mass is 16.5. The molecule has 6 heteroatoms. The van der Waals surface area contributed by atoms with Crippen LogP contribution in [-0.4, -0.2) is 29.8 Å². The van der Waals surface area contributed by atoms with Crippen LogP contribution in [0.4, 0.5) is 11.5 Å². The van der Waals surface area contributed by atoms with Gasteiger partial charge in [-0.1, -0.05) is 12.1 Å². The summed E-state index contributed by atoms with van der Waals surface area (Å²) in [5, 5.41) is 8.02. The zero-order valence-corrected chi connectivity index (χ0v) is 15.4. The van der Waals surface area contributed by atoms with Crippen LogP contribution in [-0.2, 0) is 6.42 Å². The number of carbonyl (C=O) groups excluding carboxylic acids is 1. The number of hydrogen-bond donors (Lipinski definition) is 1. The normalized spacial score (nSPS) is 13.2. The van der Waals surface area contributed by atoms with Crippen molar-refractivity contribution in [3.05, 3.63) is 59.8 Å². The maximum Gasteiger partial charge on any atom is 0.168 e. The monoisotopic (exact) mass is 363 g/mol. The van der Waals surface area contributed by atoms with Gasteiger partial charge in [-0.3, -0.25) is 4.79 Å². The first kappa shape index (κ1) is 17.1. The Morgan fingerprint density at radius 3 is 2.52 bits per heavy atom. The smallest absolute Gasteiger partial charge is 0.168 e. The van der Waals surface area contributed by atoms with E-state index in [-0.39, 0.29) is 5.78 Å². The van der Waals surface area contributed by atoms with Crippen molar-refractivity contribution in [3.63, 3.8) is 0 Å². The molecule has 0 aliphatic heterocycles. The number of hydrogen-bond acceptors (Lipinski definition) is 5. The highest BCUT2D eigenvalue weighted by Gasteiger charge is 2.28. The predicted octanol–water partition coefficient (Wildman–Crippen LogP) is 4.15. The summed E-state index contributed by atoms with van der Waals surface area (Å²) >= 11 is 0. The number of ether oxygens (including phenoxy) is 2. The van der Waals surface area contributed by atoms with Crippen molar-refractivity contribution >= 4 is 17.3 Å². The lowest BCUT2D eigenvalue weighted by atomic mass is 9.95. The molecule has 0 atom stereocenters. The maximum atomic E-state index is 12.7. The van der Waals surface area contributed by atoms with Crippen LogP contribution in [0.25, 0.3) is 5.69 Å². The molecular weight excluding hydrogens is 342 g/mol. The van der Waals surface area contributed by atoms with Crippen LogP contribution in [0.5, 0.6) is 11.5 Å². The minimum absolute atomic E-state index is 0.119. The van der Waals surface area contributed by atoms with E-state index in [1.807, 2.05) is 53.2 Å². The summed E-state index contributed by atoms with van der Waals surface area (Å²) in [4.78, 5) is 12.7. The average molecular weight is 363 g/mol. The number of Topliss-reactive ketones (excluding diaryl/α,β-unsaturated/α-hetero) is 1. The van der Waals surface area contributed by atoms with E-state index in [0.29, 0.717) is 23.6 Å². The first-order chi connectivity index (χ1) is 13.2. The number of ketones is 1. The zero-order valence-electron chi connectivity index (χ0n) is 15.4. The molecule has 3 aromatic rings. The molecule has 0 saturated carbocycles. The average Bonchev–Trinajstić information content (AvgIpc) is 3.08. The molecule has 1 N–H and O–H groups in total. The second-order valence-electron chi connectivity index (χ2n) is 6.38. The van der Waals surface area contributed by atoms with Crippen LogP contribution in [0, 0.1) is 0 Å². The second-order valence-corrected chi connectivity index (χ2v) is 6.38. The molecule has 27 heavy (non-hydrogen) atoms. The summed E-state index contributed by atoms with van der Waals surface area (Å²) < 4.78 is 12.5. The van der Waals surface area contributed by atoms with Crippen LogP contribution >= 0.6 is 0 Å². The molecule has 0 unspecified atom stereocenters. The van der Waals surface area contributed by atoms with Gasteiger partial charge in [0, 0.05) is 6.42 Å². The molecule has 1 aliphatic rings. The van der Waals surface area contributed by atoms with Gasteiger partial charge < -0.3 is 14.8 Å². The van der Waals surface area contributed by atoms with Crippen molar-refractivity contribution < 1.29 is 14.3 Å². The predicted molar refractivity (Wildman–Crippen MR) is 104 cm³/mol. The van der Waals surface area contributed by atoms with Crippen LogP contribution < -0.4 is 14.8 Å². The van der Waals surface area contributed by atoms with E-state index in [9.17, 15) is 4.79 Å². The SMILES string of the molecule is COc1ccc(-n2nc(Nc3ccccc3OC)c3c2CCCC3=O)cc1. The zero-order chi connectivity index (χ0) is 18.8. The van der Waals surface area contributed by atoms with Crippen LogP contribution in [0.2, 0.25) is 0 Å². The number of carbonyl (C=O) groups is 1. The molecule has 4 rings (SSSR count). The molecule has 0 saturated heterocycles. The summed E-state index contributed by atoms with van der Waals surface area (Å²) in [7, 11) is 3.26. The maximum absolute atomic E-state index is 12.7. The lowest BCUT2D eigenvalue weighted by Gasteiger charge is -2.14. The third-order valence-electron chi connectivity index (χ3n) is 4.75. The van der Waals surface area contributed by atoms with E-state index < -0.39 is 0 Å². The Balaban J connectivity index is 1.80. The number of anilines is 2. The van der Waals surface area contributed by atoms with Crippen LogP contribution in [0.1, 0.15) is 28.9 Å². The van der Waals surface area contributed by atoms with Gasteiger partial charge in [-0.15, -0.1) is 5.10 Å². The molecule has 1 aliphatic carbocycles. The third-order valence-corrected chi connectivity index (χ3v) is 4.75. The van der Waals surface area contributed by atoms with Crippen LogP contribution in [0.3, 0.4) is 0 Å². The summed E-state index contributed by atoms with van der Waals surface area (Å²) in [6, 6.07) is 15.3. The number of benzene rings is 2. The van der Waals surface area contributed by atoms with Gasteiger partial charge in [-0.25, -0.2) is 4.68 Å². The van der Waals surface area contributed by atoms with Gasteiger partial charge in [0.25, 0.3) is 0 Å². The summed E-state index contributed by atoms with van der Waals surface area (Å²) in [5.41, 5.74) is 3.28. The van der Waals surface area contributed by atoms with Crippen molar-refractivity contribution in [2.75, 3.05) is 19.5 Å². The molecule has 138 valence electrons. The van der Waals surface area contributed by atoms with E-state index in [2.05, 4.69) is 5.32 Å². The summed E-state index contributed by atoms with van der Waals surface area (Å²) in [6.07, 6.45) is 2.19. The van der Waals surface area contributed by atoms with E-state index in [1.165, 1.54) is 0 Å². The first-order valence-corrected chi connectivity index (χ1v) is 8.91. The second kappa shape index (κ2) is 7.15. The number of nitrogens with one attached hydrogen (secondary N) is 1. The fourth-order valence-electron chi connectivity index (χ4n) is 3.42. The quantitative estimate of drug-likeness (QED) is 0.738. The van der Waals surface area contributed by atoms with Crippen molar-refractivity contribution in [1.29, 1.82) is 0 Å². The Bertz CT molecular complexity index is 977. The number of nitrogens with zero attached hydrogens (tertiary/aromatic N) is 2. The first-order valence-electron chi connectivity index (χ1n) is 8.91. The van der Waals surface area contributed by atoms with Crippen molar-refractivity contribution in [1.82, 2.24) is 9.78 Å². The standard InChI is InChI=1S/C21H21N3O3/c1-26-15-12-10-14(11-13-15)24-17-7-5-8-18(25)20(17)21(23-24)22-16-6-3-4-9-19(16)27-2/h3-4,6,9-13H,5,7-8H2,1-2H3,(H,22,23). The molecule has 6 nitrogen and oxygen atoms in total. The van der Waals surface area contributed by atoms with Gasteiger partial charge in [0.2, 0.25) is 0 Å². The fraction of sp³-hybridized carbons (Fsp3) is 0.238. The van der Waals surface area contributed by atoms with Gasteiger partial charge in [-0.2, -0.15) is 0 Å². The Labute approximate surface area is 157 Å². The van der Waals surface area contributed by atoms with Gasteiger partial charge in [-0.05, 0) is 49.2 Å². The van der Waals surface area contributed by atoms with Gasteiger partial charge >= 0.3 is 0 Å². The fourth-order valence-corrected chi connectivity index (χ4v) is 3.42. The third kappa shape index (κ3) is 3.14. The van der Waals surface area contributed by atoms with Gasteiger partial charge in [0.15, 0.2) is 11.6 Å². The molecule has 0 bridgehead atoms. The van der Waals surface area contributed by atoms with E-state index in [4.69, 9.17) is 14.6 Å². The van der Waals surface area contributed by atoms with Crippen molar-refractivity contribution in [3.8, 4) is 17.2 Å². The Morgan fingerprint density at radius 1 is 1.00 bits per heavy atom. The minimum atomic E-state index is 0.119. The number of fused-ring (bicyclic) bond motifs is 1. The largest absolute Gasteiger partial charge is 0.497 e. The van der Waals surface area contributed by atoms with Crippen molar-refractivity contribution in [2.24, 2.45) is 0 Å². The molecule has 2 aromatic carbocycles. The van der Waals surface area contributed by atoms with Gasteiger partial charge in [0.1, 0.15) is 11.5 Å². The number of methoxy groups -OCH3 is 2. The molecule has 1 aromatic heterocycles. The molecule has 0 radical (unpaired) electrons. The minimum Gasteiger partial charge on any atom is -0.497 e. The van der Waals surface area contributed by atoms with E-state index in [1.54, 1.807) is 14.2 Å². The lowest BCUT2D eigenvalue weighted by molar-refractivity contribution is 0.0973. The topological polar surface area (TPSA) is 65.4 Å². The summed E-state index contributed by atoms with van der Waals surface area (Å²) in [6.45, 7) is 0. The number of rotatable bonds is 5. The molecule has 0 spiro atoms. The molecule has 0 fully saturated rings. The van der Waals surface area contributed by atoms with E-state index in [0.717, 1.165) is 35.7 Å². The van der Waals surface area contributed by atoms with Crippen LogP contribution in [0.15, 0.2) is 48.5 Å². The molecule has 1 heterocycles. The highest BCUT2D eigenvalue weighted by Crippen LogP contribution is 2.34. The van der Waals surface area contributed by atoms with E-state index >= 15 is 0 Å². The summed E-state index contributed by atoms with van der Waals surface area (Å²) in [5.74, 6) is 2.17. The lowest BCUT2D eigenvalue weighted by Crippen LogP contribution is -2.13. The van der Waals surface area contributed by atoms with Gasteiger partial charge in [0.05, 0.1) is 36.9 Å². The Kier molecular flexibility index (Phi) is 4.54. The molecule has 0 amide bonds.